The van der Waals surface area contributed by atoms with Gasteiger partial charge in [-0.1, -0.05) is 24.3 Å². The zero-order chi connectivity index (χ0) is 14.7. The number of rotatable bonds is 5. The summed E-state index contributed by atoms with van der Waals surface area (Å²) in [6, 6.07) is 13.3. The smallest absolute Gasteiger partial charge is 0.123 e. The third-order valence-corrected chi connectivity index (χ3v) is 3.97. The second-order valence-electron chi connectivity index (χ2n) is 5.52. The number of hydrogen-bond donors (Lipinski definition) is 1. The summed E-state index contributed by atoms with van der Waals surface area (Å²) in [4.78, 5) is 0. The average molecular weight is 285 g/mol. The van der Waals surface area contributed by atoms with Crippen molar-refractivity contribution >= 4 is 0 Å². The molecule has 110 valence electrons. The number of nitrogens with one attached hydrogen (secondary N) is 1. The zero-order valence-electron chi connectivity index (χ0n) is 12.2. The lowest BCUT2D eigenvalue weighted by Crippen LogP contribution is -2.21. The minimum Gasteiger partial charge on any atom is -0.493 e. The molecule has 2 aromatic rings. The fourth-order valence-electron chi connectivity index (χ4n) is 2.72. The van der Waals surface area contributed by atoms with E-state index in [1.165, 1.54) is 17.2 Å². The average Bonchev–Trinajstić information content (AvgIpc) is 2.94. The molecular formula is C18H20FNO. The molecule has 1 aliphatic heterocycles. The van der Waals surface area contributed by atoms with Gasteiger partial charge in [0.15, 0.2) is 0 Å². The molecule has 21 heavy (non-hydrogen) atoms. The fraction of sp³-hybridized carbons (Fsp3) is 0.333. The van der Waals surface area contributed by atoms with Crippen molar-refractivity contribution in [3.63, 3.8) is 0 Å². The van der Waals surface area contributed by atoms with Gasteiger partial charge in [-0.05, 0) is 54.8 Å². The summed E-state index contributed by atoms with van der Waals surface area (Å²) in [5.74, 6) is 0.847. The topological polar surface area (TPSA) is 21.3 Å². The van der Waals surface area contributed by atoms with Crippen LogP contribution >= 0.6 is 0 Å². The Morgan fingerprint density at radius 2 is 2.14 bits per heavy atom. The number of hydrogen-bond acceptors (Lipinski definition) is 2. The van der Waals surface area contributed by atoms with Crippen LogP contribution in [0.15, 0.2) is 42.5 Å². The van der Waals surface area contributed by atoms with Gasteiger partial charge in [0, 0.05) is 12.5 Å². The van der Waals surface area contributed by atoms with Crippen LogP contribution in [0.1, 0.15) is 29.7 Å². The second-order valence-corrected chi connectivity index (χ2v) is 5.52. The van der Waals surface area contributed by atoms with Crippen LogP contribution in [0.5, 0.6) is 5.75 Å². The predicted octanol–water partition coefficient (Wildman–Crippen LogP) is 3.65. The molecule has 0 bridgehead atoms. The van der Waals surface area contributed by atoms with Gasteiger partial charge in [0.2, 0.25) is 0 Å². The Kier molecular flexibility index (Phi) is 4.20. The molecule has 3 rings (SSSR count). The summed E-state index contributed by atoms with van der Waals surface area (Å²) in [5, 5.41) is 3.44. The van der Waals surface area contributed by atoms with E-state index in [1.54, 1.807) is 12.1 Å². The summed E-state index contributed by atoms with van der Waals surface area (Å²) in [6.07, 6.45) is 1.98. The summed E-state index contributed by atoms with van der Waals surface area (Å²) in [6.45, 7) is 3.73. The highest BCUT2D eigenvalue weighted by Crippen LogP contribution is 2.26. The first kappa shape index (κ1) is 14.1. The monoisotopic (exact) mass is 285 g/mol. The minimum atomic E-state index is -0.181. The van der Waals surface area contributed by atoms with Crippen LogP contribution in [0.3, 0.4) is 0 Å². The summed E-state index contributed by atoms with van der Waals surface area (Å²) in [5.41, 5.74) is 3.61. The van der Waals surface area contributed by atoms with Crippen molar-refractivity contribution in [2.75, 3.05) is 13.2 Å². The Morgan fingerprint density at radius 1 is 1.24 bits per heavy atom. The minimum absolute atomic E-state index is 0.151. The number of ether oxygens (including phenoxy) is 1. The molecule has 0 saturated carbocycles. The summed E-state index contributed by atoms with van der Waals surface area (Å²) in [7, 11) is 0. The van der Waals surface area contributed by atoms with E-state index in [0.717, 1.165) is 37.3 Å². The molecule has 3 heteroatoms. The van der Waals surface area contributed by atoms with E-state index in [9.17, 15) is 4.39 Å². The van der Waals surface area contributed by atoms with Crippen molar-refractivity contribution in [2.45, 2.75) is 25.8 Å². The molecule has 0 radical (unpaired) electrons. The van der Waals surface area contributed by atoms with Gasteiger partial charge in [-0.2, -0.15) is 0 Å². The molecule has 0 aromatic heterocycles. The third-order valence-electron chi connectivity index (χ3n) is 3.97. The van der Waals surface area contributed by atoms with E-state index in [4.69, 9.17) is 4.74 Å². The molecular weight excluding hydrogens is 265 g/mol. The van der Waals surface area contributed by atoms with Gasteiger partial charge in [0.05, 0.1) is 6.61 Å². The van der Waals surface area contributed by atoms with Crippen LogP contribution in [0, 0.1) is 5.82 Å². The Balaban J connectivity index is 1.54. The second kappa shape index (κ2) is 6.27. The Labute approximate surface area is 125 Å². The first-order chi connectivity index (χ1) is 10.2. The van der Waals surface area contributed by atoms with Gasteiger partial charge in [-0.25, -0.2) is 4.39 Å². The van der Waals surface area contributed by atoms with E-state index in [2.05, 4.69) is 30.4 Å². The number of halogens is 1. The Bertz CT molecular complexity index is 626. The lowest BCUT2D eigenvalue weighted by molar-refractivity contribution is 0.357. The highest BCUT2D eigenvalue weighted by molar-refractivity contribution is 5.39. The van der Waals surface area contributed by atoms with Crippen molar-refractivity contribution in [3.05, 3.63) is 65.0 Å². The molecule has 0 amide bonds. The van der Waals surface area contributed by atoms with E-state index < -0.39 is 0 Å². The molecule has 2 nitrogen and oxygen atoms in total. The molecule has 0 aliphatic carbocycles. The normalized spacial score (nSPS) is 14.6. The Hall–Kier alpha value is -1.87. The number of benzene rings is 2. The lowest BCUT2D eigenvalue weighted by Gasteiger charge is -2.14. The molecule has 1 atom stereocenters. The summed E-state index contributed by atoms with van der Waals surface area (Å²) < 4.78 is 18.7. The molecule has 1 N–H and O–H groups in total. The van der Waals surface area contributed by atoms with Crippen LogP contribution < -0.4 is 10.1 Å². The quantitative estimate of drug-likeness (QED) is 0.905. The van der Waals surface area contributed by atoms with Crippen molar-refractivity contribution in [3.8, 4) is 5.75 Å². The first-order valence-electron chi connectivity index (χ1n) is 7.46. The standard InChI is InChI=1S/C18H20FNO/c1-13(15-3-2-4-17(19)12-15)20-9-7-14-5-6-18-16(11-14)8-10-21-18/h2-6,11-13,20H,7-10H2,1H3. The molecule has 0 saturated heterocycles. The molecule has 0 spiro atoms. The van der Waals surface area contributed by atoms with E-state index in [0.29, 0.717) is 0 Å². The van der Waals surface area contributed by atoms with Gasteiger partial charge < -0.3 is 10.1 Å². The van der Waals surface area contributed by atoms with E-state index in [-0.39, 0.29) is 11.9 Å². The Morgan fingerprint density at radius 3 is 3.00 bits per heavy atom. The fourth-order valence-corrected chi connectivity index (χ4v) is 2.72. The van der Waals surface area contributed by atoms with Crippen molar-refractivity contribution in [2.24, 2.45) is 0 Å². The maximum Gasteiger partial charge on any atom is 0.123 e. The molecule has 0 fully saturated rings. The maximum atomic E-state index is 13.2. The largest absolute Gasteiger partial charge is 0.493 e. The van der Waals surface area contributed by atoms with Crippen LogP contribution in [-0.2, 0) is 12.8 Å². The van der Waals surface area contributed by atoms with Gasteiger partial charge in [0.1, 0.15) is 11.6 Å². The highest BCUT2D eigenvalue weighted by atomic mass is 19.1. The van der Waals surface area contributed by atoms with E-state index >= 15 is 0 Å². The van der Waals surface area contributed by atoms with Crippen molar-refractivity contribution in [1.29, 1.82) is 0 Å². The van der Waals surface area contributed by atoms with Crippen LogP contribution in [0.2, 0.25) is 0 Å². The van der Waals surface area contributed by atoms with Crippen LogP contribution in [0.25, 0.3) is 0 Å². The zero-order valence-corrected chi connectivity index (χ0v) is 12.2. The molecule has 1 unspecified atom stereocenters. The molecule has 2 aromatic carbocycles. The van der Waals surface area contributed by atoms with Gasteiger partial charge in [0.25, 0.3) is 0 Å². The van der Waals surface area contributed by atoms with Crippen LogP contribution in [-0.4, -0.2) is 13.2 Å². The SMILES string of the molecule is CC(NCCc1ccc2c(c1)CCO2)c1cccc(F)c1. The first-order valence-corrected chi connectivity index (χ1v) is 7.46. The van der Waals surface area contributed by atoms with Gasteiger partial charge >= 0.3 is 0 Å². The summed E-state index contributed by atoms with van der Waals surface area (Å²) >= 11 is 0. The number of fused-ring (bicyclic) bond motifs is 1. The van der Waals surface area contributed by atoms with Crippen molar-refractivity contribution < 1.29 is 9.13 Å². The predicted molar refractivity (Wildman–Crippen MR) is 82.2 cm³/mol. The van der Waals surface area contributed by atoms with Gasteiger partial charge in [-0.15, -0.1) is 0 Å². The molecule has 1 heterocycles. The lowest BCUT2D eigenvalue weighted by atomic mass is 10.1. The van der Waals surface area contributed by atoms with Crippen molar-refractivity contribution in [1.82, 2.24) is 5.32 Å². The molecule has 1 aliphatic rings. The van der Waals surface area contributed by atoms with Gasteiger partial charge in [-0.3, -0.25) is 0 Å². The third kappa shape index (κ3) is 3.42. The highest BCUT2D eigenvalue weighted by Gasteiger charge is 2.12. The maximum absolute atomic E-state index is 13.2. The van der Waals surface area contributed by atoms with Crippen LogP contribution in [0.4, 0.5) is 4.39 Å². The van der Waals surface area contributed by atoms with E-state index in [1.807, 2.05) is 6.07 Å².